The monoisotopic (exact) mass is 419 g/mol. The van der Waals surface area contributed by atoms with Crippen LogP contribution in [0.4, 0.5) is 5.69 Å². The van der Waals surface area contributed by atoms with Crippen molar-refractivity contribution in [2.45, 2.75) is 18.7 Å². The Labute approximate surface area is 167 Å². The highest BCUT2D eigenvalue weighted by atomic mass is 35.5. The van der Waals surface area contributed by atoms with Crippen LogP contribution in [0.1, 0.15) is 23.0 Å². The van der Waals surface area contributed by atoms with Gasteiger partial charge in [0.2, 0.25) is 5.91 Å². The topological polar surface area (TPSA) is 97.3 Å². The maximum Gasteiger partial charge on any atom is 0.272 e. The molecule has 0 radical (unpaired) electrons. The summed E-state index contributed by atoms with van der Waals surface area (Å²) in [6.45, 7) is 3.01. The molecule has 2 N–H and O–H groups in total. The number of rotatable bonds is 4. The number of amides is 2. The molecule has 146 valence electrons. The fourth-order valence-corrected chi connectivity index (χ4v) is 4.07. The van der Waals surface area contributed by atoms with Gasteiger partial charge in [0.1, 0.15) is 5.69 Å². The molecule has 2 amide bonds. The molecule has 0 saturated heterocycles. The summed E-state index contributed by atoms with van der Waals surface area (Å²) in [5.41, 5.74) is 2.58. The fourth-order valence-electron chi connectivity index (χ4n) is 2.86. The van der Waals surface area contributed by atoms with E-state index in [1.165, 1.54) is 24.3 Å². The molecule has 0 aliphatic carbocycles. The van der Waals surface area contributed by atoms with E-state index in [0.717, 1.165) is 23.4 Å². The molecule has 7 nitrogen and oxygen atoms in total. The molecule has 3 rings (SSSR count). The summed E-state index contributed by atoms with van der Waals surface area (Å²) in [6, 6.07) is 11.0. The maximum absolute atomic E-state index is 12.7. The van der Waals surface area contributed by atoms with Gasteiger partial charge in [0.05, 0.1) is 9.92 Å². The number of hydrogen-bond donors (Lipinski definition) is 2. The molecule has 0 aliphatic heterocycles. The Balaban J connectivity index is 1.86. The van der Waals surface area contributed by atoms with Crippen molar-refractivity contribution in [2.75, 3.05) is 5.32 Å². The average Bonchev–Trinajstić information content (AvgIpc) is 2.95. The lowest BCUT2D eigenvalue weighted by atomic mass is 10.2. The van der Waals surface area contributed by atoms with Crippen LogP contribution in [0.25, 0.3) is 10.9 Å². The standard InChI is InChI=1S/C19H18ClN3O4S/c1-11-4-9-16-15(18(11)20)10-17(23(16)3)19(25)21-13-5-7-14(8-6-13)28(26,27)22-12(2)24/h4-10H,1-3H3,(H,21,25)(H,22,24). The second-order valence-electron chi connectivity index (χ2n) is 6.36. The number of nitrogens with zero attached hydrogens (tertiary/aromatic N) is 1. The molecule has 2 aromatic carbocycles. The van der Waals surface area contributed by atoms with Crippen LogP contribution in [0.5, 0.6) is 0 Å². The molecular formula is C19H18ClN3O4S. The molecule has 0 saturated carbocycles. The number of nitrogens with one attached hydrogen (secondary N) is 2. The van der Waals surface area contributed by atoms with Gasteiger partial charge < -0.3 is 9.88 Å². The van der Waals surface area contributed by atoms with E-state index in [2.05, 4.69) is 5.32 Å². The third-order valence-electron chi connectivity index (χ3n) is 4.29. The van der Waals surface area contributed by atoms with Gasteiger partial charge >= 0.3 is 0 Å². The van der Waals surface area contributed by atoms with E-state index >= 15 is 0 Å². The first-order valence-corrected chi connectivity index (χ1v) is 10.2. The summed E-state index contributed by atoms with van der Waals surface area (Å²) >= 11 is 6.34. The van der Waals surface area contributed by atoms with Crippen LogP contribution >= 0.6 is 11.6 Å². The molecular weight excluding hydrogens is 402 g/mol. The Hall–Kier alpha value is -2.84. The largest absolute Gasteiger partial charge is 0.340 e. The molecule has 0 fully saturated rings. The normalized spacial score (nSPS) is 11.4. The molecule has 1 heterocycles. The van der Waals surface area contributed by atoms with Gasteiger partial charge in [-0.15, -0.1) is 0 Å². The molecule has 0 bridgehead atoms. The van der Waals surface area contributed by atoms with Gasteiger partial charge in [0, 0.05) is 30.6 Å². The number of carbonyl (C=O) groups excluding carboxylic acids is 2. The Morgan fingerprint density at radius 1 is 1.07 bits per heavy atom. The Bertz CT molecular complexity index is 1200. The van der Waals surface area contributed by atoms with Crippen molar-refractivity contribution in [1.29, 1.82) is 0 Å². The number of aryl methyl sites for hydroxylation is 2. The first kappa shape index (κ1) is 19.9. The molecule has 0 unspecified atom stereocenters. The lowest BCUT2D eigenvalue weighted by Crippen LogP contribution is -2.28. The van der Waals surface area contributed by atoms with Gasteiger partial charge in [0.15, 0.2) is 0 Å². The molecule has 9 heteroatoms. The van der Waals surface area contributed by atoms with Crippen molar-refractivity contribution in [3.8, 4) is 0 Å². The van der Waals surface area contributed by atoms with Crippen molar-refractivity contribution >= 4 is 50.0 Å². The van der Waals surface area contributed by atoms with Gasteiger partial charge in [-0.3, -0.25) is 9.59 Å². The SMILES string of the molecule is CC(=O)NS(=O)(=O)c1ccc(NC(=O)c2cc3c(Cl)c(C)ccc3n2C)cc1. The molecule has 28 heavy (non-hydrogen) atoms. The van der Waals surface area contributed by atoms with E-state index in [9.17, 15) is 18.0 Å². The minimum absolute atomic E-state index is 0.0763. The second kappa shape index (κ2) is 7.29. The average molecular weight is 420 g/mol. The van der Waals surface area contributed by atoms with Crippen LogP contribution in [0, 0.1) is 6.92 Å². The molecule has 0 atom stereocenters. The van der Waals surface area contributed by atoms with E-state index in [-0.39, 0.29) is 10.8 Å². The number of halogens is 1. The third-order valence-corrected chi connectivity index (χ3v) is 6.24. The fraction of sp³-hybridized carbons (Fsp3) is 0.158. The van der Waals surface area contributed by atoms with Gasteiger partial charge in [-0.1, -0.05) is 17.7 Å². The molecule has 0 aliphatic rings. The van der Waals surface area contributed by atoms with E-state index in [1.807, 2.05) is 23.8 Å². The maximum atomic E-state index is 12.7. The van der Waals surface area contributed by atoms with Crippen LogP contribution in [-0.2, 0) is 21.9 Å². The first-order chi connectivity index (χ1) is 13.1. The van der Waals surface area contributed by atoms with E-state index < -0.39 is 15.9 Å². The van der Waals surface area contributed by atoms with Crippen molar-refractivity contribution in [2.24, 2.45) is 7.05 Å². The van der Waals surface area contributed by atoms with E-state index in [1.54, 1.807) is 17.7 Å². The van der Waals surface area contributed by atoms with Crippen molar-refractivity contribution in [1.82, 2.24) is 9.29 Å². The van der Waals surface area contributed by atoms with Crippen molar-refractivity contribution in [3.63, 3.8) is 0 Å². The predicted molar refractivity (Wildman–Crippen MR) is 108 cm³/mol. The first-order valence-electron chi connectivity index (χ1n) is 8.29. The zero-order valence-corrected chi connectivity index (χ0v) is 17.0. The third kappa shape index (κ3) is 3.74. The number of benzene rings is 2. The van der Waals surface area contributed by atoms with Crippen LogP contribution in [-0.4, -0.2) is 24.8 Å². The highest BCUT2D eigenvalue weighted by Gasteiger charge is 2.18. The highest BCUT2D eigenvalue weighted by Crippen LogP contribution is 2.29. The number of hydrogen-bond acceptors (Lipinski definition) is 4. The lowest BCUT2D eigenvalue weighted by molar-refractivity contribution is -0.117. The number of carbonyl (C=O) groups is 2. The quantitative estimate of drug-likeness (QED) is 0.678. The molecule has 0 spiro atoms. The smallest absolute Gasteiger partial charge is 0.272 e. The number of sulfonamides is 1. The minimum Gasteiger partial charge on any atom is -0.340 e. The van der Waals surface area contributed by atoms with Gasteiger partial charge in [0.25, 0.3) is 15.9 Å². The summed E-state index contributed by atoms with van der Waals surface area (Å²) in [6.07, 6.45) is 0. The van der Waals surface area contributed by atoms with Gasteiger partial charge in [-0.25, -0.2) is 13.1 Å². The van der Waals surface area contributed by atoms with Gasteiger partial charge in [-0.2, -0.15) is 0 Å². The van der Waals surface area contributed by atoms with Gasteiger partial charge in [-0.05, 0) is 48.9 Å². The lowest BCUT2D eigenvalue weighted by Gasteiger charge is -2.08. The Morgan fingerprint density at radius 3 is 2.32 bits per heavy atom. The number of fused-ring (bicyclic) bond motifs is 1. The van der Waals surface area contributed by atoms with E-state index in [4.69, 9.17) is 11.6 Å². The Morgan fingerprint density at radius 2 is 1.71 bits per heavy atom. The van der Waals surface area contributed by atoms with Crippen LogP contribution in [0.2, 0.25) is 5.02 Å². The predicted octanol–water partition coefficient (Wildman–Crippen LogP) is 3.22. The zero-order valence-electron chi connectivity index (χ0n) is 15.4. The van der Waals surface area contributed by atoms with Crippen LogP contribution < -0.4 is 10.0 Å². The molecule has 3 aromatic rings. The van der Waals surface area contributed by atoms with E-state index in [0.29, 0.717) is 16.4 Å². The number of anilines is 1. The summed E-state index contributed by atoms with van der Waals surface area (Å²) in [4.78, 5) is 23.6. The zero-order chi connectivity index (χ0) is 20.6. The van der Waals surface area contributed by atoms with Crippen molar-refractivity contribution < 1.29 is 18.0 Å². The number of aromatic nitrogens is 1. The van der Waals surface area contributed by atoms with Crippen molar-refractivity contribution in [3.05, 3.63) is 58.7 Å². The minimum atomic E-state index is -3.92. The summed E-state index contributed by atoms with van der Waals surface area (Å²) in [7, 11) is -2.15. The summed E-state index contributed by atoms with van der Waals surface area (Å²) in [5.74, 6) is -1.04. The van der Waals surface area contributed by atoms with Crippen LogP contribution in [0.15, 0.2) is 47.4 Å². The second-order valence-corrected chi connectivity index (χ2v) is 8.42. The van der Waals surface area contributed by atoms with Crippen LogP contribution in [0.3, 0.4) is 0 Å². The molecule has 1 aromatic heterocycles. The summed E-state index contributed by atoms with van der Waals surface area (Å²) < 4.78 is 27.6. The highest BCUT2D eigenvalue weighted by molar-refractivity contribution is 7.90. The summed E-state index contributed by atoms with van der Waals surface area (Å²) in [5, 5.41) is 4.11. The Kier molecular flexibility index (Phi) is 5.18.